The standard InChI is InChI=1S/C22H26N2O3/c1-15-9-5-6-10-16(15)22(2,3)21(26)23-17-13-14-24(20(17)25)18-11-7-8-12-19(18)27-4/h5-12,17H,13-14H2,1-4H3,(H,23,26). The SMILES string of the molecule is COc1ccccc1N1CCC(NC(=O)C(C)(C)c2ccccc2C)C1=O. The third kappa shape index (κ3) is 3.54. The molecule has 142 valence electrons. The molecule has 0 spiro atoms. The summed E-state index contributed by atoms with van der Waals surface area (Å²) < 4.78 is 5.37. The highest BCUT2D eigenvalue weighted by molar-refractivity contribution is 6.03. The van der Waals surface area contributed by atoms with Crippen LogP contribution in [0.15, 0.2) is 48.5 Å². The van der Waals surface area contributed by atoms with Crippen molar-refractivity contribution >= 4 is 17.5 Å². The number of carbonyl (C=O) groups is 2. The molecular weight excluding hydrogens is 340 g/mol. The second-order valence-corrected chi connectivity index (χ2v) is 7.42. The van der Waals surface area contributed by atoms with Gasteiger partial charge in [0.25, 0.3) is 0 Å². The maximum Gasteiger partial charge on any atom is 0.249 e. The normalized spacial score (nSPS) is 17.1. The molecule has 1 aliphatic heterocycles. The Hall–Kier alpha value is -2.82. The van der Waals surface area contributed by atoms with E-state index in [1.807, 2.05) is 69.3 Å². The number of carbonyl (C=O) groups excluding carboxylic acids is 2. The molecule has 2 amide bonds. The Labute approximate surface area is 160 Å². The van der Waals surface area contributed by atoms with Crippen LogP contribution in [0, 0.1) is 6.92 Å². The van der Waals surface area contributed by atoms with Crippen LogP contribution in [0.25, 0.3) is 0 Å². The second-order valence-electron chi connectivity index (χ2n) is 7.42. The minimum atomic E-state index is -0.719. The fourth-order valence-corrected chi connectivity index (χ4v) is 3.64. The number of anilines is 1. The van der Waals surface area contributed by atoms with Gasteiger partial charge in [0.05, 0.1) is 18.2 Å². The highest BCUT2D eigenvalue weighted by Crippen LogP contribution is 2.32. The fraction of sp³-hybridized carbons (Fsp3) is 0.364. The van der Waals surface area contributed by atoms with Crippen LogP contribution in [-0.2, 0) is 15.0 Å². The number of hydrogen-bond acceptors (Lipinski definition) is 3. The van der Waals surface area contributed by atoms with Gasteiger partial charge < -0.3 is 15.0 Å². The van der Waals surface area contributed by atoms with E-state index in [4.69, 9.17) is 4.74 Å². The monoisotopic (exact) mass is 366 g/mol. The van der Waals surface area contributed by atoms with Gasteiger partial charge in [0.1, 0.15) is 11.8 Å². The Bertz CT molecular complexity index is 860. The summed E-state index contributed by atoms with van der Waals surface area (Å²) in [6, 6.07) is 14.8. The first kappa shape index (κ1) is 19.0. The van der Waals surface area contributed by atoms with E-state index < -0.39 is 11.5 Å². The van der Waals surface area contributed by atoms with Crippen LogP contribution < -0.4 is 15.0 Å². The van der Waals surface area contributed by atoms with E-state index in [9.17, 15) is 9.59 Å². The first-order valence-electron chi connectivity index (χ1n) is 9.17. The predicted molar refractivity (Wildman–Crippen MR) is 106 cm³/mol. The van der Waals surface area contributed by atoms with E-state index in [1.54, 1.807) is 12.0 Å². The van der Waals surface area contributed by atoms with Crippen molar-refractivity contribution in [3.8, 4) is 5.75 Å². The minimum absolute atomic E-state index is 0.103. The van der Waals surface area contributed by atoms with Gasteiger partial charge in [-0.3, -0.25) is 9.59 Å². The Morgan fingerprint density at radius 3 is 2.52 bits per heavy atom. The summed E-state index contributed by atoms with van der Waals surface area (Å²) in [5, 5.41) is 2.96. The van der Waals surface area contributed by atoms with Crippen molar-refractivity contribution in [2.24, 2.45) is 0 Å². The van der Waals surface area contributed by atoms with Crippen molar-refractivity contribution in [1.82, 2.24) is 5.32 Å². The van der Waals surface area contributed by atoms with Crippen LogP contribution in [0.4, 0.5) is 5.69 Å². The quantitative estimate of drug-likeness (QED) is 0.884. The third-order valence-corrected chi connectivity index (χ3v) is 5.27. The molecule has 27 heavy (non-hydrogen) atoms. The van der Waals surface area contributed by atoms with Gasteiger partial charge in [0.15, 0.2) is 0 Å². The summed E-state index contributed by atoms with van der Waals surface area (Å²) in [7, 11) is 1.59. The second kappa shape index (κ2) is 7.43. The first-order valence-corrected chi connectivity index (χ1v) is 9.17. The predicted octanol–water partition coefficient (Wildman–Crippen LogP) is 3.20. The van der Waals surface area contributed by atoms with Crippen molar-refractivity contribution in [2.45, 2.75) is 38.6 Å². The van der Waals surface area contributed by atoms with Crippen molar-refractivity contribution in [1.29, 1.82) is 0 Å². The van der Waals surface area contributed by atoms with E-state index in [2.05, 4.69) is 5.32 Å². The lowest BCUT2D eigenvalue weighted by Crippen LogP contribution is -2.48. The van der Waals surface area contributed by atoms with Gasteiger partial charge in [-0.1, -0.05) is 36.4 Å². The van der Waals surface area contributed by atoms with Crippen molar-refractivity contribution in [2.75, 3.05) is 18.6 Å². The smallest absolute Gasteiger partial charge is 0.249 e. The Morgan fingerprint density at radius 2 is 1.81 bits per heavy atom. The summed E-state index contributed by atoms with van der Waals surface area (Å²) >= 11 is 0. The van der Waals surface area contributed by atoms with Gasteiger partial charge in [-0.25, -0.2) is 0 Å². The zero-order valence-corrected chi connectivity index (χ0v) is 16.3. The minimum Gasteiger partial charge on any atom is -0.495 e. The molecule has 2 aromatic carbocycles. The molecule has 5 heteroatoms. The van der Waals surface area contributed by atoms with Crippen LogP contribution in [0.3, 0.4) is 0 Å². The maximum absolute atomic E-state index is 13.0. The summed E-state index contributed by atoms with van der Waals surface area (Å²) in [5.41, 5.74) is 2.05. The summed E-state index contributed by atoms with van der Waals surface area (Å²) in [4.78, 5) is 27.6. The molecule has 1 heterocycles. The van der Waals surface area contributed by atoms with Crippen LogP contribution in [0.1, 0.15) is 31.4 Å². The topological polar surface area (TPSA) is 58.6 Å². The van der Waals surface area contributed by atoms with Gasteiger partial charge >= 0.3 is 0 Å². The zero-order valence-electron chi connectivity index (χ0n) is 16.3. The van der Waals surface area contributed by atoms with Gasteiger partial charge in [-0.2, -0.15) is 0 Å². The Balaban J connectivity index is 1.76. The zero-order chi connectivity index (χ0) is 19.6. The Kier molecular flexibility index (Phi) is 5.22. The number of rotatable bonds is 5. The molecule has 1 aliphatic rings. The molecule has 1 fully saturated rings. The summed E-state index contributed by atoms with van der Waals surface area (Å²) in [5.74, 6) is 0.406. The largest absolute Gasteiger partial charge is 0.495 e. The summed E-state index contributed by atoms with van der Waals surface area (Å²) in [6.07, 6.45) is 0.576. The number of ether oxygens (including phenoxy) is 1. The summed E-state index contributed by atoms with van der Waals surface area (Å²) in [6.45, 7) is 6.33. The number of methoxy groups -OCH3 is 1. The van der Waals surface area contributed by atoms with Gasteiger partial charge in [0, 0.05) is 6.54 Å². The number of aryl methyl sites for hydroxylation is 1. The average molecular weight is 366 g/mol. The van der Waals surface area contributed by atoms with Crippen molar-refractivity contribution in [3.05, 3.63) is 59.7 Å². The highest BCUT2D eigenvalue weighted by atomic mass is 16.5. The number of nitrogens with zero attached hydrogens (tertiary/aromatic N) is 1. The average Bonchev–Trinajstić information content (AvgIpc) is 3.02. The number of para-hydroxylation sites is 2. The van der Waals surface area contributed by atoms with Gasteiger partial charge in [0.2, 0.25) is 11.8 Å². The van der Waals surface area contributed by atoms with E-state index >= 15 is 0 Å². The first-order chi connectivity index (χ1) is 12.9. The van der Waals surface area contributed by atoms with Crippen LogP contribution in [0.5, 0.6) is 5.75 Å². The van der Waals surface area contributed by atoms with Crippen LogP contribution in [0.2, 0.25) is 0 Å². The fourth-order valence-electron chi connectivity index (χ4n) is 3.64. The Morgan fingerprint density at radius 1 is 1.15 bits per heavy atom. The number of amides is 2. The molecule has 0 aromatic heterocycles. The van der Waals surface area contributed by atoms with E-state index in [1.165, 1.54) is 0 Å². The van der Waals surface area contributed by atoms with Crippen LogP contribution in [-0.4, -0.2) is 31.5 Å². The molecule has 0 bridgehead atoms. The number of benzene rings is 2. The van der Waals surface area contributed by atoms with Gasteiger partial charge in [-0.05, 0) is 50.5 Å². The molecule has 0 aliphatic carbocycles. The molecular formula is C22H26N2O3. The van der Waals surface area contributed by atoms with Gasteiger partial charge in [-0.15, -0.1) is 0 Å². The lowest BCUT2D eigenvalue weighted by Gasteiger charge is -2.27. The van der Waals surface area contributed by atoms with Crippen molar-refractivity contribution < 1.29 is 14.3 Å². The van der Waals surface area contributed by atoms with Crippen LogP contribution >= 0.6 is 0 Å². The highest BCUT2D eigenvalue weighted by Gasteiger charge is 2.38. The number of hydrogen-bond donors (Lipinski definition) is 1. The molecule has 1 saturated heterocycles. The molecule has 3 rings (SSSR count). The molecule has 0 saturated carbocycles. The lowest BCUT2D eigenvalue weighted by molar-refractivity contribution is -0.129. The van der Waals surface area contributed by atoms with E-state index in [0.717, 1.165) is 16.8 Å². The maximum atomic E-state index is 13.0. The lowest BCUT2D eigenvalue weighted by atomic mass is 9.81. The molecule has 2 aromatic rings. The van der Waals surface area contributed by atoms with E-state index in [-0.39, 0.29) is 11.8 Å². The van der Waals surface area contributed by atoms with E-state index in [0.29, 0.717) is 18.7 Å². The molecule has 5 nitrogen and oxygen atoms in total. The molecule has 1 N–H and O–H groups in total. The molecule has 1 unspecified atom stereocenters. The molecule has 1 atom stereocenters. The third-order valence-electron chi connectivity index (χ3n) is 5.27. The van der Waals surface area contributed by atoms with Crippen molar-refractivity contribution in [3.63, 3.8) is 0 Å². The number of nitrogens with one attached hydrogen (secondary N) is 1. The molecule has 0 radical (unpaired) electrons.